The van der Waals surface area contributed by atoms with E-state index in [0.29, 0.717) is 0 Å². The summed E-state index contributed by atoms with van der Waals surface area (Å²) < 4.78 is 0. The van der Waals surface area contributed by atoms with Crippen LogP contribution in [0.5, 0.6) is 0 Å². The lowest BCUT2D eigenvalue weighted by Crippen LogP contribution is -1.93. The Morgan fingerprint density at radius 1 is 1.17 bits per heavy atom. The molecular weight excluding hydrogens is 240 g/mol. The van der Waals surface area contributed by atoms with E-state index in [2.05, 4.69) is 0 Å². The third-order valence-corrected chi connectivity index (χ3v) is 3.88. The van der Waals surface area contributed by atoms with Gasteiger partial charge in [0.25, 0.3) is 0 Å². The van der Waals surface area contributed by atoms with Gasteiger partial charge in [-0.05, 0) is 44.0 Å². The van der Waals surface area contributed by atoms with Crippen LogP contribution in [0.15, 0.2) is 36.4 Å². The zero-order chi connectivity index (χ0) is 13.1. The lowest BCUT2D eigenvalue weighted by Gasteiger charge is -1.98. The van der Waals surface area contributed by atoms with Crippen LogP contribution >= 0.6 is 11.3 Å². The fourth-order valence-electron chi connectivity index (χ4n) is 1.90. The number of ketones is 1. The van der Waals surface area contributed by atoms with Gasteiger partial charge in [0, 0.05) is 15.3 Å². The van der Waals surface area contributed by atoms with Gasteiger partial charge in [-0.1, -0.05) is 30.3 Å². The zero-order valence-corrected chi connectivity index (χ0v) is 11.7. The van der Waals surface area contributed by atoms with Gasteiger partial charge in [0.05, 0.1) is 0 Å². The molecule has 0 amide bonds. The number of aryl methyl sites for hydroxylation is 3. The first-order valence-corrected chi connectivity index (χ1v) is 6.74. The monoisotopic (exact) mass is 256 g/mol. The minimum Gasteiger partial charge on any atom is -0.289 e. The maximum atomic E-state index is 12.1. The van der Waals surface area contributed by atoms with Gasteiger partial charge in [0.15, 0.2) is 5.78 Å². The Balaban J connectivity index is 2.22. The van der Waals surface area contributed by atoms with Crippen molar-refractivity contribution in [3.8, 4) is 0 Å². The zero-order valence-electron chi connectivity index (χ0n) is 10.9. The highest BCUT2D eigenvalue weighted by atomic mass is 32.1. The molecule has 0 atom stereocenters. The molecule has 92 valence electrons. The van der Waals surface area contributed by atoms with E-state index >= 15 is 0 Å². The fraction of sp³-hybridized carbons (Fsp3) is 0.188. The topological polar surface area (TPSA) is 17.1 Å². The van der Waals surface area contributed by atoms with Crippen LogP contribution in [-0.4, -0.2) is 5.78 Å². The minimum absolute atomic E-state index is 0.0834. The molecular formula is C16H16OS. The Morgan fingerprint density at radius 3 is 2.50 bits per heavy atom. The van der Waals surface area contributed by atoms with Crippen molar-refractivity contribution in [2.24, 2.45) is 0 Å². The molecule has 1 nitrogen and oxygen atoms in total. The maximum Gasteiger partial charge on any atom is 0.186 e. The van der Waals surface area contributed by atoms with Crippen LogP contribution in [0.3, 0.4) is 0 Å². The van der Waals surface area contributed by atoms with Crippen LogP contribution < -0.4 is 0 Å². The van der Waals surface area contributed by atoms with Gasteiger partial charge < -0.3 is 0 Å². The Bertz CT molecular complexity index is 605. The van der Waals surface area contributed by atoms with Gasteiger partial charge in [0.1, 0.15) is 0 Å². The number of allylic oxidation sites excluding steroid dienone is 1. The summed E-state index contributed by atoms with van der Waals surface area (Å²) in [5, 5.41) is 0. The third-order valence-electron chi connectivity index (χ3n) is 2.91. The van der Waals surface area contributed by atoms with Crippen LogP contribution in [0.4, 0.5) is 0 Å². The largest absolute Gasteiger partial charge is 0.289 e. The first-order chi connectivity index (χ1) is 8.58. The first kappa shape index (κ1) is 12.8. The minimum atomic E-state index is 0.0834. The smallest absolute Gasteiger partial charge is 0.186 e. The van der Waals surface area contributed by atoms with Crippen molar-refractivity contribution in [1.82, 2.24) is 0 Å². The quantitative estimate of drug-likeness (QED) is 0.580. The highest BCUT2D eigenvalue weighted by Gasteiger charge is 2.08. The van der Waals surface area contributed by atoms with Crippen molar-refractivity contribution in [3.05, 3.63) is 62.9 Å². The third kappa shape index (κ3) is 2.77. The van der Waals surface area contributed by atoms with Crippen molar-refractivity contribution in [1.29, 1.82) is 0 Å². The van der Waals surface area contributed by atoms with Crippen LogP contribution in [0, 0.1) is 20.8 Å². The highest BCUT2D eigenvalue weighted by Crippen LogP contribution is 2.21. The van der Waals surface area contributed by atoms with Gasteiger partial charge >= 0.3 is 0 Å². The number of thiophene rings is 1. The molecule has 0 unspecified atom stereocenters. The average Bonchev–Trinajstić information content (AvgIpc) is 2.67. The average molecular weight is 256 g/mol. The molecule has 2 heteroatoms. The maximum absolute atomic E-state index is 12.1. The van der Waals surface area contributed by atoms with Crippen molar-refractivity contribution in [3.63, 3.8) is 0 Å². The SMILES string of the molecule is Cc1cc(C(=O)/C=C/c2ccccc2C)c(C)s1. The molecule has 0 aliphatic carbocycles. The lowest BCUT2D eigenvalue weighted by molar-refractivity contribution is 0.104. The lowest BCUT2D eigenvalue weighted by atomic mass is 10.1. The normalized spacial score (nSPS) is 11.1. The Kier molecular flexibility index (Phi) is 3.78. The van der Waals surface area contributed by atoms with Crippen LogP contribution in [0.25, 0.3) is 6.08 Å². The fourth-order valence-corrected chi connectivity index (χ4v) is 2.83. The first-order valence-electron chi connectivity index (χ1n) is 5.93. The predicted molar refractivity (Wildman–Crippen MR) is 78.3 cm³/mol. The Labute approximate surface area is 112 Å². The summed E-state index contributed by atoms with van der Waals surface area (Å²) in [6, 6.07) is 10.0. The summed E-state index contributed by atoms with van der Waals surface area (Å²) in [6.45, 7) is 6.07. The van der Waals surface area contributed by atoms with Crippen LogP contribution in [-0.2, 0) is 0 Å². The summed E-state index contributed by atoms with van der Waals surface area (Å²) >= 11 is 1.67. The molecule has 0 saturated heterocycles. The molecule has 1 heterocycles. The van der Waals surface area contributed by atoms with Crippen molar-refractivity contribution in [2.75, 3.05) is 0 Å². The molecule has 2 aromatic rings. The van der Waals surface area contributed by atoms with E-state index in [-0.39, 0.29) is 5.78 Å². The van der Waals surface area contributed by atoms with Gasteiger partial charge in [-0.25, -0.2) is 0 Å². The second kappa shape index (κ2) is 5.32. The Hall–Kier alpha value is -1.67. The molecule has 0 aliphatic rings. The van der Waals surface area contributed by atoms with E-state index in [9.17, 15) is 4.79 Å². The predicted octanol–water partition coefficient (Wildman–Crippen LogP) is 4.57. The number of hydrogen-bond donors (Lipinski definition) is 0. The Morgan fingerprint density at radius 2 is 1.89 bits per heavy atom. The molecule has 0 aliphatic heterocycles. The second-order valence-corrected chi connectivity index (χ2v) is 5.84. The highest BCUT2D eigenvalue weighted by molar-refractivity contribution is 7.12. The summed E-state index contributed by atoms with van der Waals surface area (Å²) in [4.78, 5) is 14.4. The van der Waals surface area contributed by atoms with Crippen molar-refractivity contribution < 1.29 is 4.79 Å². The van der Waals surface area contributed by atoms with E-state index in [0.717, 1.165) is 16.0 Å². The molecule has 1 aromatic carbocycles. The van der Waals surface area contributed by atoms with Crippen molar-refractivity contribution in [2.45, 2.75) is 20.8 Å². The van der Waals surface area contributed by atoms with Gasteiger partial charge in [0.2, 0.25) is 0 Å². The molecule has 1 aromatic heterocycles. The van der Waals surface area contributed by atoms with Gasteiger partial charge in [-0.2, -0.15) is 0 Å². The van der Waals surface area contributed by atoms with Crippen LogP contribution in [0.1, 0.15) is 31.2 Å². The molecule has 0 radical (unpaired) electrons. The molecule has 0 N–H and O–H groups in total. The van der Waals surface area contributed by atoms with Crippen LogP contribution in [0.2, 0.25) is 0 Å². The number of carbonyl (C=O) groups is 1. The molecule has 0 saturated carbocycles. The van der Waals surface area contributed by atoms with Crippen molar-refractivity contribution >= 4 is 23.2 Å². The summed E-state index contributed by atoms with van der Waals surface area (Å²) in [5.41, 5.74) is 3.09. The number of benzene rings is 1. The molecule has 2 rings (SSSR count). The van der Waals surface area contributed by atoms with Gasteiger partial charge in [-0.15, -0.1) is 11.3 Å². The number of hydrogen-bond acceptors (Lipinski definition) is 2. The summed E-state index contributed by atoms with van der Waals surface area (Å²) in [6.07, 6.45) is 3.56. The second-order valence-electron chi connectivity index (χ2n) is 4.38. The molecule has 18 heavy (non-hydrogen) atoms. The number of rotatable bonds is 3. The number of carbonyl (C=O) groups excluding carboxylic acids is 1. The standard InChI is InChI=1S/C16H16OS/c1-11-6-4-5-7-14(11)8-9-16(17)15-10-12(2)18-13(15)3/h4-10H,1-3H3/b9-8+. The van der Waals surface area contributed by atoms with E-state index in [1.807, 2.05) is 57.2 Å². The summed E-state index contributed by atoms with van der Waals surface area (Å²) in [7, 11) is 0. The van der Waals surface area contributed by atoms with E-state index in [1.165, 1.54) is 10.4 Å². The molecule has 0 fully saturated rings. The van der Waals surface area contributed by atoms with E-state index in [1.54, 1.807) is 17.4 Å². The molecule has 0 spiro atoms. The molecule has 0 bridgehead atoms. The van der Waals surface area contributed by atoms with E-state index < -0.39 is 0 Å². The summed E-state index contributed by atoms with van der Waals surface area (Å²) in [5.74, 6) is 0.0834. The van der Waals surface area contributed by atoms with Gasteiger partial charge in [-0.3, -0.25) is 4.79 Å². The van der Waals surface area contributed by atoms with E-state index in [4.69, 9.17) is 0 Å².